The number of aliphatic hydroxyl groups is 4. The van der Waals surface area contributed by atoms with Crippen molar-refractivity contribution in [3.63, 3.8) is 0 Å². The van der Waals surface area contributed by atoms with E-state index in [1.807, 2.05) is 6.92 Å². The molecule has 0 unspecified atom stereocenters. The molecule has 5 N–H and O–H groups in total. The molecule has 0 spiro atoms. The van der Waals surface area contributed by atoms with Crippen LogP contribution in [-0.4, -0.2) is 55.9 Å². The van der Waals surface area contributed by atoms with Crippen LogP contribution < -0.4 is 0 Å². The predicted molar refractivity (Wildman–Crippen MR) is 91.3 cm³/mol. The minimum atomic E-state index is -1.38. The van der Waals surface area contributed by atoms with Crippen molar-refractivity contribution in [2.45, 2.75) is 95.5 Å². The van der Waals surface area contributed by atoms with Gasteiger partial charge in [0, 0.05) is 6.42 Å². The highest BCUT2D eigenvalue weighted by Gasteiger charge is 2.22. The van der Waals surface area contributed by atoms with Crippen LogP contribution in [0.2, 0.25) is 0 Å². The Bertz CT molecular complexity index is 387. The highest BCUT2D eigenvalue weighted by Crippen LogP contribution is 2.12. The van der Waals surface area contributed by atoms with Crippen molar-refractivity contribution in [1.82, 2.24) is 0 Å². The maximum Gasteiger partial charge on any atom is 0.303 e. The monoisotopic (exact) mass is 344 g/mol. The molecule has 140 valence electrons. The van der Waals surface area contributed by atoms with Gasteiger partial charge in [-0.05, 0) is 19.3 Å². The fourth-order valence-electron chi connectivity index (χ4n) is 2.28. The molecule has 0 radical (unpaired) electrons. The molecule has 0 amide bonds. The summed E-state index contributed by atoms with van der Waals surface area (Å²) in [6, 6.07) is 0. The molecule has 0 bridgehead atoms. The molecule has 0 aliphatic heterocycles. The van der Waals surface area contributed by atoms with Crippen LogP contribution in [0.25, 0.3) is 0 Å². The molecule has 24 heavy (non-hydrogen) atoms. The van der Waals surface area contributed by atoms with E-state index in [-0.39, 0.29) is 6.42 Å². The molecule has 0 aliphatic rings. The first-order valence-corrected chi connectivity index (χ1v) is 8.83. The van der Waals surface area contributed by atoms with Crippen molar-refractivity contribution in [2.24, 2.45) is 0 Å². The number of aliphatic hydroxyl groups excluding tert-OH is 4. The molecule has 0 heterocycles. The quantitative estimate of drug-likeness (QED) is 0.255. The fraction of sp³-hybridized carbons (Fsp3) is 0.833. The molecular weight excluding hydrogens is 312 g/mol. The summed E-state index contributed by atoms with van der Waals surface area (Å²) in [5.41, 5.74) is 0. The van der Waals surface area contributed by atoms with Gasteiger partial charge in [-0.15, -0.1) is 0 Å². The minimum Gasteiger partial charge on any atom is -0.481 e. The predicted octanol–water partition coefficient (Wildman–Crippen LogP) is 1.44. The Balaban J connectivity index is 3.90. The number of aliphatic carboxylic acids is 1. The average molecular weight is 344 g/mol. The van der Waals surface area contributed by atoms with Crippen LogP contribution in [0.15, 0.2) is 0 Å². The standard InChI is InChI=1S/C18H32O6/c1-2-3-9-14(19)12-13-16(21)18(24)15(20)10-7-5-4-6-8-11-17(22)23/h14-16,18-21,24H,2-11H2,1H3,(H,22,23)/t14-,15+,16+,18-/m1/s1. The van der Waals surface area contributed by atoms with Crippen molar-refractivity contribution >= 4 is 5.97 Å². The lowest BCUT2D eigenvalue weighted by Crippen LogP contribution is -2.36. The fourth-order valence-corrected chi connectivity index (χ4v) is 2.28. The van der Waals surface area contributed by atoms with Gasteiger partial charge in [-0.3, -0.25) is 4.79 Å². The molecule has 0 aliphatic carbocycles. The van der Waals surface area contributed by atoms with E-state index in [4.69, 9.17) is 5.11 Å². The SMILES string of the molecule is CCCC[C@@H](O)C#C[C@H](O)[C@H](O)[C@@H](O)CCCCCCCC(=O)O. The lowest BCUT2D eigenvalue weighted by molar-refractivity contribution is -0.137. The summed E-state index contributed by atoms with van der Waals surface area (Å²) >= 11 is 0. The van der Waals surface area contributed by atoms with Crippen LogP contribution in [0.3, 0.4) is 0 Å². The zero-order valence-electron chi connectivity index (χ0n) is 14.5. The molecule has 0 rings (SSSR count). The van der Waals surface area contributed by atoms with Crippen molar-refractivity contribution in [2.75, 3.05) is 0 Å². The summed E-state index contributed by atoms with van der Waals surface area (Å²) < 4.78 is 0. The van der Waals surface area contributed by atoms with E-state index >= 15 is 0 Å². The summed E-state index contributed by atoms with van der Waals surface area (Å²) in [5, 5.41) is 47.5. The molecule has 6 heteroatoms. The average Bonchev–Trinajstić information content (AvgIpc) is 2.55. The Morgan fingerprint density at radius 1 is 0.875 bits per heavy atom. The van der Waals surface area contributed by atoms with E-state index in [9.17, 15) is 25.2 Å². The lowest BCUT2D eigenvalue weighted by atomic mass is 10.0. The van der Waals surface area contributed by atoms with E-state index < -0.39 is 30.4 Å². The van der Waals surface area contributed by atoms with Gasteiger partial charge in [-0.1, -0.05) is 57.3 Å². The maximum absolute atomic E-state index is 10.4. The van der Waals surface area contributed by atoms with Crippen molar-refractivity contribution in [1.29, 1.82) is 0 Å². The van der Waals surface area contributed by atoms with Crippen LogP contribution in [-0.2, 0) is 4.79 Å². The van der Waals surface area contributed by atoms with Gasteiger partial charge in [-0.2, -0.15) is 0 Å². The van der Waals surface area contributed by atoms with Crippen LogP contribution in [0.4, 0.5) is 0 Å². The summed E-state index contributed by atoms with van der Waals surface area (Å²) in [7, 11) is 0. The Hall–Kier alpha value is -1.13. The summed E-state index contributed by atoms with van der Waals surface area (Å²) in [6.07, 6.45) is 2.06. The van der Waals surface area contributed by atoms with E-state index in [0.717, 1.165) is 32.1 Å². The van der Waals surface area contributed by atoms with E-state index in [1.54, 1.807) is 0 Å². The second-order valence-corrected chi connectivity index (χ2v) is 6.15. The van der Waals surface area contributed by atoms with Gasteiger partial charge in [-0.25, -0.2) is 0 Å². The third kappa shape index (κ3) is 12.3. The first kappa shape index (κ1) is 22.9. The van der Waals surface area contributed by atoms with Gasteiger partial charge >= 0.3 is 5.97 Å². The molecular formula is C18H32O6. The molecule has 0 aromatic heterocycles. The van der Waals surface area contributed by atoms with Crippen LogP contribution in [0.5, 0.6) is 0 Å². The van der Waals surface area contributed by atoms with E-state index in [0.29, 0.717) is 25.7 Å². The normalized spacial score (nSPS) is 15.9. The number of rotatable bonds is 13. The number of hydrogen-bond acceptors (Lipinski definition) is 5. The molecule has 6 nitrogen and oxygen atoms in total. The van der Waals surface area contributed by atoms with Gasteiger partial charge in [0.15, 0.2) is 0 Å². The number of carbonyl (C=O) groups is 1. The van der Waals surface area contributed by atoms with Crippen LogP contribution in [0.1, 0.15) is 71.1 Å². The van der Waals surface area contributed by atoms with E-state index in [1.165, 1.54) is 0 Å². The summed E-state index contributed by atoms with van der Waals surface area (Å²) in [6.45, 7) is 2.00. The number of unbranched alkanes of at least 4 members (excludes halogenated alkanes) is 5. The zero-order chi connectivity index (χ0) is 18.4. The Labute approximate surface area is 144 Å². The van der Waals surface area contributed by atoms with Crippen molar-refractivity contribution in [3.05, 3.63) is 0 Å². The second kappa shape index (κ2) is 14.2. The second-order valence-electron chi connectivity index (χ2n) is 6.15. The lowest BCUT2D eigenvalue weighted by Gasteiger charge is -2.19. The van der Waals surface area contributed by atoms with Crippen LogP contribution >= 0.6 is 0 Å². The highest BCUT2D eigenvalue weighted by molar-refractivity contribution is 5.66. The number of carboxylic acid groups (broad SMARTS) is 1. The van der Waals surface area contributed by atoms with Gasteiger partial charge < -0.3 is 25.5 Å². The summed E-state index contributed by atoms with van der Waals surface area (Å²) in [5.74, 6) is 4.09. The molecule has 4 atom stereocenters. The molecule has 0 fully saturated rings. The van der Waals surface area contributed by atoms with Crippen LogP contribution in [0, 0.1) is 11.8 Å². The molecule has 0 saturated carbocycles. The first-order chi connectivity index (χ1) is 11.4. The van der Waals surface area contributed by atoms with Gasteiger partial charge in [0.1, 0.15) is 18.3 Å². The van der Waals surface area contributed by atoms with Gasteiger partial charge in [0.2, 0.25) is 0 Å². The van der Waals surface area contributed by atoms with Gasteiger partial charge in [0.25, 0.3) is 0 Å². The van der Waals surface area contributed by atoms with Gasteiger partial charge in [0.05, 0.1) is 6.10 Å². The largest absolute Gasteiger partial charge is 0.481 e. The first-order valence-electron chi connectivity index (χ1n) is 8.83. The number of carboxylic acids is 1. The van der Waals surface area contributed by atoms with Crippen molar-refractivity contribution in [3.8, 4) is 11.8 Å². The molecule has 0 aromatic carbocycles. The van der Waals surface area contributed by atoms with Crippen molar-refractivity contribution < 1.29 is 30.3 Å². The zero-order valence-corrected chi connectivity index (χ0v) is 14.5. The molecule has 0 saturated heterocycles. The molecule has 0 aromatic rings. The van der Waals surface area contributed by atoms with E-state index in [2.05, 4.69) is 11.8 Å². The Morgan fingerprint density at radius 2 is 1.50 bits per heavy atom. The highest BCUT2D eigenvalue weighted by atomic mass is 16.4. The Morgan fingerprint density at radius 3 is 2.12 bits per heavy atom. The Kier molecular flexibility index (Phi) is 13.6. The third-order valence-electron chi connectivity index (χ3n) is 3.84. The smallest absolute Gasteiger partial charge is 0.303 e. The third-order valence-corrected chi connectivity index (χ3v) is 3.84. The summed E-state index contributed by atoms with van der Waals surface area (Å²) in [4.78, 5) is 10.4. The maximum atomic E-state index is 10.4. The minimum absolute atomic E-state index is 0.177. The topological polar surface area (TPSA) is 118 Å². The number of hydrogen-bond donors (Lipinski definition) is 5.